The van der Waals surface area contributed by atoms with Crippen molar-refractivity contribution in [1.82, 2.24) is 0 Å². The Morgan fingerprint density at radius 1 is 0.955 bits per heavy atom. The maximum Gasteiger partial charge on any atom is 0.492 e. The molecule has 22 heavy (non-hydrogen) atoms. The molecule has 2 nitrogen and oxygen atoms in total. The first-order chi connectivity index (χ1) is 10.4. The fourth-order valence-electron chi connectivity index (χ4n) is 2.18. The number of benzene rings is 2. The lowest BCUT2D eigenvalue weighted by Crippen LogP contribution is -2.37. The van der Waals surface area contributed by atoms with E-state index < -0.39 is 7.12 Å². The predicted molar refractivity (Wildman–Crippen MR) is 94.1 cm³/mol. The van der Waals surface area contributed by atoms with Crippen LogP contribution < -0.4 is 5.46 Å². The molecule has 0 atom stereocenters. The van der Waals surface area contributed by atoms with Crippen LogP contribution in [0.25, 0.3) is 0 Å². The van der Waals surface area contributed by atoms with Crippen molar-refractivity contribution in [3.05, 3.63) is 42.5 Å². The molecule has 0 amide bonds. The smallest absolute Gasteiger partial charge is 0.423 e. The van der Waals surface area contributed by atoms with Gasteiger partial charge < -0.3 is 9.68 Å². The lowest BCUT2D eigenvalue weighted by Gasteiger charge is -2.23. The Morgan fingerprint density at radius 2 is 1.59 bits per heavy atom. The Hall–Kier alpha value is -0.875. The van der Waals surface area contributed by atoms with Crippen LogP contribution >= 0.6 is 23.5 Å². The van der Waals surface area contributed by atoms with Crippen molar-refractivity contribution >= 4 is 36.1 Å². The Morgan fingerprint density at radius 3 is 2.27 bits per heavy atom. The second-order valence-corrected chi connectivity index (χ2v) is 8.69. The maximum absolute atomic E-state index is 10.4. The highest BCUT2D eigenvalue weighted by atomic mass is 32.2. The Balaban J connectivity index is 1.86. The third kappa shape index (κ3) is 3.54. The summed E-state index contributed by atoms with van der Waals surface area (Å²) in [7, 11) is -0.882. The van der Waals surface area contributed by atoms with Gasteiger partial charge in [0, 0.05) is 26.2 Å². The molecule has 0 spiro atoms. The zero-order valence-corrected chi connectivity index (χ0v) is 14.6. The minimum absolute atomic E-state index is 0.0321. The monoisotopic (exact) mass is 330 g/mol. The van der Waals surface area contributed by atoms with Gasteiger partial charge in [0.1, 0.15) is 0 Å². The van der Waals surface area contributed by atoms with E-state index in [4.69, 9.17) is 4.65 Å². The van der Waals surface area contributed by atoms with Crippen LogP contribution in [0.1, 0.15) is 20.8 Å². The van der Waals surface area contributed by atoms with E-state index in [-0.39, 0.29) is 5.41 Å². The first kappa shape index (κ1) is 16.0. The summed E-state index contributed by atoms with van der Waals surface area (Å²) in [6.45, 7) is 6.81. The van der Waals surface area contributed by atoms with Gasteiger partial charge in [0.05, 0.1) is 0 Å². The minimum atomic E-state index is -0.882. The third-order valence-electron chi connectivity index (χ3n) is 3.23. The van der Waals surface area contributed by atoms with Gasteiger partial charge in [0.2, 0.25) is 0 Å². The molecule has 1 aliphatic rings. The van der Waals surface area contributed by atoms with Crippen LogP contribution in [0.5, 0.6) is 0 Å². The summed E-state index contributed by atoms with van der Waals surface area (Å²) < 4.78 is 5.68. The molecule has 0 aliphatic carbocycles. The molecule has 1 aliphatic heterocycles. The molecule has 1 N–H and O–H groups in total. The van der Waals surface area contributed by atoms with E-state index >= 15 is 0 Å². The second-order valence-electron chi connectivity index (χ2n) is 6.55. The van der Waals surface area contributed by atoms with Crippen LogP contribution in [0.15, 0.2) is 62.0 Å². The van der Waals surface area contributed by atoms with Gasteiger partial charge in [-0.05, 0) is 29.1 Å². The molecule has 0 fully saturated rings. The van der Waals surface area contributed by atoms with Crippen molar-refractivity contribution in [1.29, 1.82) is 0 Å². The Bertz CT molecular complexity index is 683. The van der Waals surface area contributed by atoms with E-state index in [0.717, 1.165) is 10.4 Å². The van der Waals surface area contributed by atoms with Crippen LogP contribution in [-0.2, 0) is 4.65 Å². The van der Waals surface area contributed by atoms with Crippen molar-refractivity contribution in [3.63, 3.8) is 0 Å². The van der Waals surface area contributed by atoms with E-state index in [1.54, 1.807) is 23.5 Å². The van der Waals surface area contributed by atoms with Gasteiger partial charge in [0.15, 0.2) is 0 Å². The van der Waals surface area contributed by atoms with Crippen LogP contribution in [-0.4, -0.2) is 18.7 Å². The van der Waals surface area contributed by atoms with E-state index in [1.165, 1.54) is 14.7 Å². The van der Waals surface area contributed by atoms with Gasteiger partial charge in [-0.1, -0.05) is 68.6 Å². The molecule has 114 valence electrons. The molecule has 2 aromatic rings. The van der Waals surface area contributed by atoms with E-state index in [9.17, 15) is 5.02 Å². The van der Waals surface area contributed by atoms with Gasteiger partial charge in [-0.3, -0.25) is 0 Å². The topological polar surface area (TPSA) is 29.5 Å². The molecule has 0 unspecified atom stereocenters. The van der Waals surface area contributed by atoms with Gasteiger partial charge in [-0.25, -0.2) is 0 Å². The highest BCUT2D eigenvalue weighted by molar-refractivity contribution is 8.05. The first-order valence-electron chi connectivity index (χ1n) is 7.31. The molecule has 0 radical (unpaired) electrons. The van der Waals surface area contributed by atoms with Crippen LogP contribution in [0.2, 0.25) is 0 Å². The predicted octanol–water partition coefficient (Wildman–Crippen LogP) is 4.05. The molecule has 0 aromatic heterocycles. The molecular formula is C17H19BO2S2. The second kappa shape index (κ2) is 6.32. The fraction of sp³-hybridized carbons (Fsp3) is 0.294. The number of hydrogen-bond acceptors (Lipinski definition) is 4. The standard InChI is InChI=1S/C17H19BO2S2/c1-17(2,3)11-20-18(19)12-7-6-10-15-16(12)22-14-9-5-4-8-13(14)21-15/h4-10,19H,11H2,1-3H3. The minimum Gasteiger partial charge on any atom is -0.423 e. The maximum atomic E-state index is 10.4. The van der Waals surface area contributed by atoms with Crippen molar-refractivity contribution < 1.29 is 9.68 Å². The number of fused-ring (bicyclic) bond motifs is 2. The summed E-state index contributed by atoms with van der Waals surface area (Å²) in [5.41, 5.74) is 0.887. The summed E-state index contributed by atoms with van der Waals surface area (Å²) in [6.07, 6.45) is 0. The average molecular weight is 330 g/mol. The van der Waals surface area contributed by atoms with Crippen LogP contribution in [0, 0.1) is 5.41 Å². The van der Waals surface area contributed by atoms with Crippen molar-refractivity contribution in [2.24, 2.45) is 5.41 Å². The normalized spacial score (nSPS) is 13.5. The highest BCUT2D eigenvalue weighted by Crippen LogP contribution is 2.47. The van der Waals surface area contributed by atoms with E-state index in [2.05, 4.69) is 45.0 Å². The largest absolute Gasteiger partial charge is 0.492 e. The summed E-state index contributed by atoms with van der Waals surface area (Å²) in [6, 6.07) is 14.4. The SMILES string of the molecule is CC(C)(C)COB(O)c1cccc2c1Sc1ccccc1S2. The van der Waals surface area contributed by atoms with Gasteiger partial charge in [0.25, 0.3) is 0 Å². The summed E-state index contributed by atoms with van der Waals surface area (Å²) in [5, 5.41) is 10.4. The lowest BCUT2D eigenvalue weighted by atomic mass is 9.79. The van der Waals surface area contributed by atoms with Gasteiger partial charge in [-0.2, -0.15) is 0 Å². The van der Waals surface area contributed by atoms with Gasteiger partial charge >= 0.3 is 7.12 Å². The van der Waals surface area contributed by atoms with Gasteiger partial charge in [-0.15, -0.1) is 0 Å². The molecule has 5 heteroatoms. The molecule has 1 heterocycles. The van der Waals surface area contributed by atoms with Crippen molar-refractivity contribution in [3.8, 4) is 0 Å². The quantitative estimate of drug-likeness (QED) is 0.734. The summed E-state index contributed by atoms with van der Waals surface area (Å²) in [5.74, 6) is 0. The Kier molecular flexibility index (Phi) is 4.60. The average Bonchev–Trinajstić information content (AvgIpc) is 2.49. The highest BCUT2D eigenvalue weighted by Gasteiger charge is 2.27. The molecule has 0 bridgehead atoms. The van der Waals surface area contributed by atoms with Crippen LogP contribution in [0.3, 0.4) is 0 Å². The third-order valence-corrected chi connectivity index (χ3v) is 5.86. The zero-order valence-electron chi connectivity index (χ0n) is 13.0. The molecule has 0 saturated heterocycles. The van der Waals surface area contributed by atoms with Crippen molar-refractivity contribution in [2.75, 3.05) is 6.61 Å². The number of rotatable bonds is 3. The summed E-state index contributed by atoms with van der Waals surface area (Å²) >= 11 is 3.46. The van der Waals surface area contributed by atoms with E-state index in [1.807, 2.05) is 18.2 Å². The lowest BCUT2D eigenvalue weighted by molar-refractivity contribution is 0.174. The Labute approximate surface area is 140 Å². The first-order valence-corrected chi connectivity index (χ1v) is 8.95. The molecule has 0 saturated carbocycles. The fourth-order valence-corrected chi connectivity index (χ4v) is 4.58. The number of hydrogen-bond donors (Lipinski definition) is 1. The van der Waals surface area contributed by atoms with Crippen molar-refractivity contribution in [2.45, 2.75) is 40.4 Å². The van der Waals surface area contributed by atoms with Crippen LogP contribution in [0.4, 0.5) is 0 Å². The molecule has 2 aromatic carbocycles. The zero-order chi connectivity index (χ0) is 15.7. The molecule has 3 rings (SSSR count). The molecular weight excluding hydrogens is 311 g/mol. The van der Waals surface area contributed by atoms with E-state index in [0.29, 0.717) is 6.61 Å². The summed E-state index contributed by atoms with van der Waals surface area (Å²) in [4.78, 5) is 4.78.